The molecule has 1 unspecified atom stereocenters. The monoisotopic (exact) mass is 259 g/mol. The van der Waals surface area contributed by atoms with E-state index in [2.05, 4.69) is 0 Å². The Hall–Kier alpha value is -0.640. The topological polar surface area (TPSA) is 35.2 Å². The van der Waals surface area contributed by atoms with E-state index in [-0.39, 0.29) is 16.9 Å². The third-order valence-corrected chi connectivity index (χ3v) is 2.87. The molecule has 1 atom stereocenters. The van der Waals surface area contributed by atoms with Gasteiger partial charge in [-0.3, -0.25) is 0 Å². The number of hydrogen-bond donors (Lipinski definition) is 1. The first-order valence-electron chi connectivity index (χ1n) is 5.91. The Morgan fingerprint density at radius 2 is 2.24 bits per heavy atom. The van der Waals surface area contributed by atoms with Gasteiger partial charge in [0.15, 0.2) is 0 Å². The normalized spacial score (nSPS) is 12.7. The van der Waals surface area contributed by atoms with E-state index in [4.69, 9.17) is 22.1 Å². The Bertz CT molecular complexity index is 346. The van der Waals surface area contributed by atoms with Gasteiger partial charge in [-0.2, -0.15) is 0 Å². The van der Waals surface area contributed by atoms with Crippen LogP contribution in [0.4, 0.5) is 4.39 Å². The average Bonchev–Trinajstić information content (AvgIpc) is 2.31. The first-order valence-corrected chi connectivity index (χ1v) is 6.29. The largest absolute Gasteiger partial charge is 0.382 e. The van der Waals surface area contributed by atoms with Crippen molar-refractivity contribution in [2.75, 3.05) is 13.2 Å². The van der Waals surface area contributed by atoms with E-state index in [9.17, 15) is 4.39 Å². The predicted octanol–water partition coefficient (Wildman–Crippen LogP) is 3.17. The molecule has 2 N–H and O–H groups in total. The summed E-state index contributed by atoms with van der Waals surface area (Å²) in [6.45, 7) is 3.39. The van der Waals surface area contributed by atoms with Crippen molar-refractivity contribution in [3.05, 3.63) is 34.6 Å². The highest BCUT2D eigenvalue weighted by Gasteiger charge is 2.10. The molecule has 0 spiro atoms. The lowest BCUT2D eigenvalue weighted by Gasteiger charge is -2.12. The molecule has 0 aliphatic rings. The van der Waals surface area contributed by atoms with Gasteiger partial charge in [0.1, 0.15) is 5.82 Å². The van der Waals surface area contributed by atoms with E-state index in [1.807, 2.05) is 6.92 Å². The van der Waals surface area contributed by atoms with Crippen LogP contribution in [0.25, 0.3) is 0 Å². The highest BCUT2D eigenvalue weighted by molar-refractivity contribution is 6.30. The maximum absolute atomic E-state index is 13.6. The van der Waals surface area contributed by atoms with Gasteiger partial charge in [0.25, 0.3) is 0 Å². The molecule has 1 aromatic carbocycles. The molecule has 4 heteroatoms. The summed E-state index contributed by atoms with van der Waals surface area (Å²) >= 11 is 5.71. The zero-order valence-corrected chi connectivity index (χ0v) is 10.8. The SMILES string of the molecule is CCOCCCC(N)Cc1cccc(Cl)c1F. The van der Waals surface area contributed by atoms with Crippen LogP contribution in [0, 0.1) is 5.82 Å². The number of halogens is 2. The van der Waals surface area contributed by atoms with Gasteiger partial charge in [0, 0.05) is 19.3 Å². The average molecular weight is 260 g/mol. The maximum Gasteiger partial charge on any atom is 0.145 e. The number of hydrogen-bond acceptors (Lipinski definition) is 2. The van der Waals surface area contributed by atoms with Gasteiger partial charge < -0.3 is 10.5 Å². The van der Waals surface area contributed by atoms with Gasteiger partial charge >= 0.3 is 0 Å². The van der Waals surface area contributed by atoms with Crippen LogP contribution in [-0.4, -0.2) is 19.3 Å². The molecule has 0 heterocycles. The second-order valence-electron chi connectivity index (χ2n) is 4.02. The third kappa shape index (κ3) is 5.02. The second-order valence-corrected chi connectivity index (χ2v) is 4.42. The van der Waals surface area contributed by atoms with Crippen molar-refractivity contribution in [1.29, 1.82) is 0 Å². The van der Waals surface area contributed by atoms with Crippen LogP contribution < -0.4 is 5.73 Å². The van der Waals surface area contributed by atoms with Crippen molar-refractivity contribution in [3.63, 3.8) is 0 Å². The zero-order chi connectivity index (χ0) is 12.7. The highest BCUT2D eigenvalue weighted by Crippen LogP contribution is 2.19. The maximum atomic E-state index is 13.6. The van der Waals surface area contributed by atoms with Crippen molar-refractivity contribution in [2.45, 2.75) is 32.2 Å². The van der Waals surface area contributed by atoms with E-state index < -0.39 is 0 Å². The molecule has 1 aromatic rings. The fourth-order valence-electron chi connectivity index (χ4n) is 1.68. The lowest BCUT2D eigenvalue weighted by Crippen LogP contribution is -2.23. The van der Waals surface area contributed by atoms with Crippen LogP contribution in [0.5, 0.6) is 0 Å². The van der Waals surface area contributed by atoms with Crippen molar-refractivity contribution >= 4 is 11.6 Å². The summed E-state index contributed by atoms with van der Waals surface area (Å²) in [6.07, 6.45) is 2.24. The Labute approximate surface area is 107 Å². The second kappa shape index (κ2) is 7.64. The van der Waals surface area contributed by atoms with Gasteiger partial charge in [-0.15, -0.1) is 0 Å². The van der Waals surface area contributed by atoms with E-state index in [1.165, 1.54) is 0 Å². The Morgan fingerprint density at radius 1 is 1.47 bits per heavy atom. The van der Waals surface area contributed by atoms with Crippen LogP contribution in [0.2, 0.25) is 5.02 Å². The lowest BCUT2D eigenvalue weighted by atomic mass is 10.0. The molecule has 0 aliphatic heterocycles. The summed E-state index contributed by atoms with van der Waals surface area (Å²) in [6, 6.07) is 4.96. The Balaban J connectivity index is 2.39. The number of benzene rings is 1. The molecule has 2 nitrogen and oxygen atoms in total. The lowest BCUT2D eigenvalue weighted by molar-refractivity contribution is 0.142. The van der Waals surface area contributed by atoms with Gasteiger partial charge in [0.2, 0.25) is 0 Å². The van der Waals surface area contributed by atoms with Crippen LogP contribution in [-0.2, 0) is 11.2 Å². The van der Waals surface area contributed by atoms with Gasteiger partial charge in [-0.05, 0) is 37.8 Å². The molecular weight excluding hydrogens is 241 g/mol. The molecule has 0 amide bonds. The quantitative estimate of drug-likeness (QED) is 0.764. The molecule has 0 bridgehead atoms. The third-order valence-electron chi connectivity index (χ3n) is 2.58. The predicted molar refractivity (Wildman–Crippen MR) is 68.8 cm³/mol. The first-order chi connectivity index (χ1) is 8.15. The number of ether oxygens (including phenoxy) is 1. The number of nitrogens with two attached hydrogens (primary N) is 1. The summed E-state index contributed by atoms with van der Waals surface area (Å²) in [5.41, 5.74) is 6.53. The molecule has 1 rings (SSSR count). The van der Waals surface area contributed by atoms with Crippen molar-refractivity contribution in [1.82, 2.24) is 0 Å². The molecule has 0 aromatic heterocycles. The van der Waals surface area contributed by atoms with Gasteiger partial charge in [0.05, 0.1) is 5.02 Å². The van der Waals surface area contributed by atoms with Crippen LogP contribution in [0.1, 0.15) is 25.3 Å². The summed E-state index contributed by atoms with van der Waals surface area (Å²) < 4.78 is 18.8. The molecule has 0 saturated heterocycles. The Morgan fingerprint density at radius 3 is 2.94 bits per heavy atom. The minimum absolute atomic E-state index is 0.0524. The minimum atomic E-state index is -0.352. The molecule has 0 fully saturated rings. The summed E-state index contributed by atoms with van der Waals surface area (Å²) in [5.74, 6) is -0.352. The smallest absolute Gasteiger partial charge is 0.145 e. The minimum Gasteiger partial charge on any atom is -0.382 e. The Kier molecular flexibility index (Phi) is 6.48. The van der Waals surface area contributed by atoms with Crippen molar-refractivity contribution < 1.29 is 9.13 Å². The number of rotatable bonds is 7. The fraction of sp³-hybridized carbons (Fsp3) is 0.538. The standard InChI is InChI=1S/C13H19ClFNO/c1-2-17-8-4-6-11(16)9-10-5-3-7-12(14)13(10)15/h3,5,7,11H,2,4,6,8-9,16H2,1H3. The first kappa shape index (κ1) is 14.4. The summed E-state index contributed by atoms with van der Waals surface area (Å²) in [7, 11) is 0. The highest BCUT2D eigenvalue weighted by atomic mass is 35.5. The van der Waals surface area contributed by atoms with Crippen LogP contribution >= 0.6 is 11.6 Å². The molecule has 0 saturated carbocycles. The van der Waals surface area contributed by atoms with E-state index in [1.54, 1.807) is 18.2 Å². The van der Waals surface area contributed by atoms with E-state index in [0.29, 0.717) is 18.6 Å². The molecule has 96 valence electrons. The molecule has 17 heavy (non-hydrogen) atoms. The van der Waals surface area contributed by atoms with E-state index in [0.717, 1.165) is 19.4 Å². The summed E-state index contributed by atoms with van der Waals surface area (Å²) in [5, 5.41) is 0.156. The van der Waals surface area contributed by atoms with Crippen LogP contribution in [0.3, 0.4) is 0 Å². The van der Waals surface area contributed by atoms with E-state index >= 15 is 0 Å². The van der Waals surface area contributed by atoms with Crippen molar-refractivity contribution in [3.8, 4) is 0 Å². The zero-order valence-electron chi connectivity index (χ0n) is 10.1. The van der Waals surface area contributed by atoms with Crippen LogP contribution in [0.15, 0.2) is 18.2 Å². The molecule has 0 radical (unpaired) electrons. The van der Waals surface area contributed by atoms with Gasteiger partial charge in [-0.25, -0.2) is 4.39 Å². The fourth-order valence-corrected chi connectivity index (χ4v) is 1.88. The van der Waals surface area contributed by atoms with Gasteiger partial charge in [-0.1, -0.05) is 23.7 Å². The van der Waals surface area contributed by atoms with Crippen molar-refractivity contribution in [2.24, 2.45) is 5.73 Å². The molecular formula is C13H19ClFNO. The molecule has 0 aliphatic carbocycles. The summed E-state index contributed by atoms with van der Waals surface area (Å²) in [4.78, 5) is 0.